The zero-order valence-electron chi connectivity index (χ0n) is 13.3. The highest BCUT2D eigenvalue weighted by atomic mass is 19.1. The molecule has 22 heavy (non-hydrogen) atoms. The van der Waals surface area contributed by atoms with Gasteiger partial charge in [0, 0.05) is 13.2 Å². The molecule has 1 aliphatic rings. The first-order valence-corrected chi connectivity index (χ1v) is 7.92. The van der Waals surface area contributed by atoms with Gasteiger partial charge in [0.15, 0.2) is 0 Å². The summed E-state index contributed by atoms with van der Waals surface area (Å²) in [7, 11) is 0. The second-order valence-electron chi connectivity index (χ2n) is 6.14. The van der Waals surface area contributed by atoms with Crippen molar-refractivity contribution in [1.29, 1.82) is 0 Å². The summed E-state index contributed by atoms with van der Waals surface area (Å²) in [5.74, 6) is -0.0482. The molecule has 2 rings (SSSR count). The molecular weight excluding hydrogens is 283 g/mol. The average Bonchev–Trinajstić information content (AvgIpc) is 2.54. The van der Waals surface area contributed by atoms with E-state index in [2.05, 4.69) is 10.2 Å². The first kappa shape index (κ1) is 16.9. The van der Waals surface area contributed by atoms with Crippen molar-refractivity contribution in [2.75, 3.05) is 19.7 Å². The fourth-order valence-corrected chi connectivity index (χ4v) is 2.93. The molecule has 1 amide bonds. The zero-order valence-corrected chi connectivity index (χ0v) is 13.3. The van der Waals surface area contributed by atoms with Crippen LogP contribution in [0.4, 0.5) is 4.39 Å². The zero-order chi connectivity index (χ0) is 16.1. The number of nitrogens with one attached hydrogen (secondary N) is 1. The molecule has 0 saturated carbocycles. The second kappa shape index (κ2) is 7.70. The van der Waals surface area contributed by atoms with Crippen LogP contribution in [0.5, 0.6) is 0 Å². The highest BCUT2D eigenvalue weighted by Crippen LogP contribution is 2.19. The van der Waals surface area contributed by atoms with Crippen LogP contribution in [0.15, 0.2) is 24.3 Å². The molecule has 2 N–H and O–H groups in total. The summed E-state index contributed by atoms with van der Waals surface area (Å²) in [6, 6.07) is 5.79. The van der Waals surface area contributed by atoms with Crippen LogP contribution in [0.25, 0.3) is 0 Å². The highest BCUT2D eigenvalue weighted by molar-refractivity contribution is 5.81. The number of rotatable bonds is 5. The monoisotopic (exact) mass is 308 g/mol. The number of nitrogens with zero attached hydrogens (tertiary/aromatic N) is 1. The smallest absolute Gasteiger partial charge is 0.237 e. The maximum Gasteiger partial charge on any atom is 0.237 e. The summed E-state index contributed by atoms with van der Waals surface area (Å²) in [6.45, 7) is 5.61. The van der Waals surface area contributed by atoms with Gasteiger partial charge in [0.2, 0.25) is 5.91 Å². The lowest BCUT2D eigenvalue weighted by Gasteiger charge is -2.35. The Hall–Kier alpha value is -1.46. The molecule has 1 heterocycles. The number of aliphatic hydroxyl groups excluding tert-OH is 1. The minimum absolute atomic E-state index is 0.0320. The van der Waals surface area contributed by atoms with Gasteiger partial charge < -0.3 is 10.4 Å². The molecule has 1 aliphatic heterocycles. The lowest BCUT2D eigenvalue weighted by molar-refractivity contribution is -0.127. The molecule has 0 spiro atoms. The van der Waals surface area contributed by atoms with Crippen molar-refractivity contribution >= 4 is 5.91 Å². The molecule has 0 radical (unpaired) electrons. The number of piperidine rings is 1. The first-order valence-electron chi connectivity index (χ1n) is 7.92. The van der Waals surface area contributed by atoms with Gasteiger partial charge >= 0.3 is 0 Å². The molecule has 1 aromatic carbocycles. The molecule has 122 valence electrons. The number of halogens is 1. The Labute approximate surface area is 131 Å². The van der Waals surface area contributed by atoms with Crippen LogP contribution in [0.3, 0.4) is 0 Å². The quantitative estimate of drug-likeness (QED) is 0.876. The third-order valence-corrected chi connectivity index (χ3v) is 4.46. The van der Waals surface area contributed by atoms with E-state index in [4.69, 9.17) is 0 Å². The fraction of sp³-hybridized carbons (Fsp3) is 0.588. The molecule has 0 aliphatic carbocycles. The number of hydrogen-bond acceptors (Lipinski definition) is 3. The average molecular weight is 308 g/mol. The predicted molar refractivity (Wildman–Crippen MR) is 83.8 cm³/mol. The van der Waals surface area contributed by atoms with E-state index in [1.54, 1.807) is 12.1 Å². The third kappa shape index (κ3) is 4.27. The van der Waals surface area contributed by atoms with Crippen molar-refractivity contribution in [3.63, 3.8) is 0 Å². The highest BCUT2D eigenvalue weighted by Gasteiger charge is 2.27. The van der Waals surface area contributed by atoms with Crippen LogP contribution < -0.4 is 5.32 Å². The molecule has 1 fully saturated rings. The maximum atomic E-state index is 12.9. The number of likely N-dealkylation sites (tertiary alicyclic amines) is 1. The van der Waals surface area contributed by atoms with Crippen molar-refractivity contribution in [3.8, 4) is 0 Å². The maximum absolute atomic E-state index is 12.9. The van der Waals surface area contributed by atoms with E-state index in [0.29, 0.717) is 0 Å². The number of carbonyl (C=O) groups excluding carboxylic acids is 1. The van der Waals surface area contributed by atoms with Crippen molar-refractivity contribution in [2.45, 2.75) is 38.8 Å². The molecule has 0 bridgehead atoms. The van der Waals surface area contributed by atoms with Gasteiger partial charge in [-0.15, -0.1) is 0 Å². The number of amides is 1. The van der Waals surface area contributed by atoms with Gasteiger partial charge in [-0.25, -0.2) is 4.39 Å². The Kier molecular flexibility index (Phi) is 5.91. The van der Waals surface area contributed by atoms with Gasteiger partial charge in [-0.05, 0) is 56.8 Å². The Balaban J connectivity index is 1.91. The van der Waals surface area contributed by atoms with E-state index >= 15 is 0 Å². The molecule has 3 atom stereocenters. The van der Waals surface area contributed by atoms with Gasteiger partial charge in [0.05, 0.1) is 12.1 Å². The van der Waals surface area contributed by atoms with Crippen LogP contribution in [0, 0.1) is 11.7 Å². The summed E-state index contributed by atoms with van der Waals surface area (Å²) in [5, 5.41) is 12.3. The van der Waals surface area contributed by atoms with E-state index in [1.165, 1.54) is 12.1 Å². The SMILES string of the molecule is CC(NC(=O)C(C)N1CCCC(CO)C1)c1ccc(F)cc1. The molecule has 0 aromatic heterocycles. The fourth-order valence-electron chi connectivity index (χ4n) is 2.93. The normalized spacial score (nSPS) is 22.1. The standard InChI is InChI=1S/C17H25FN2O2/c1-12(15-5-7-16(18)8-6-15)19-17(22)13(2)20-9-3-4-14(10-20)11-21/h5-8,12-14,21H,3-4,9-11H2,1-2H3,(H,19,22). The van der Waals surface area contributed by atoms with E-state index in [9.17, 15) is 14.3 Å². The predicted octanol–water partition coefficient (Wildman–Crippen LogP) is 2.10. The summed E-state index contributed by atoms with van der Waals surface area (Å²) >= 11 is 0. The van der Waals surface area contributed by atoms with Gasteiger partial charge in [-0.1, -0.05) is 12.1 Å². The minimum Gasteiger partial charge on any atom is -0.396 e. The van der Waals surface area contributed by atoms with Crippen LogP contribution in [0.1, 0.15) is 38.3 Å². The summed E-state index contributed by atoms with van der Waals surface area (Å²) in [6.07, 6.45) is 2.03. The van der Waals surface area contributed by atoms with E-state index in [-0.39, 0.29) is 36.3 Å². The number of aliphatic hydroxyl groups is 1. The summed E-state index contributed by atoms with van der Waals surface area (Å²) in [5.41, 5.74) is 0.883. The van der Waals surface area contributed by atoms with E-state index < -0.39 is 0 Å². The van der Waals surface area contributed by atoms with Crippen LogP contribution in [0.2, 0.25) is 0 Å². The Bertz CT molecular complexity index is 492. The Morgan fingerprint density at radius 2 is 2.09 bits per heavy atom. The van der Waals surface area contributed by atoms with Crippen molar-refractivity contribution in [1.82, 2.24) is 10.2 Å². The summed E-state index contributed by atoms with van der Waals surface area (Å²) in [4.78, 5) is 14.5. The van der Waals surface area contributed by atoms with E-state index in [1.807, 2.05) is 13.8 Å². The lowest BCUT2D eigenvalue weighted by Crippen LogP contribution is -2.49. The van der Waals surface area contributed by atoms with Crippen LogP contribution in [-0.2, 0) is 4.79 Å². The largest absolute Gasteiger partial charge is 0.396 e. The van der Waals surface area contributed by atoms with Crippen LogP contribution in [-0.4, -0.2) is 41.7 Å². The Morgan fingerprint density at radius 3 is 2.73 bits per heavy atom. The van der Waals surface area contributed by atoms with E-state index in [0.717, 1.165) is 31.5 Å². The molecule has 4 nitrogen and oxygen atoms in total. The number of hydrogen-bond donors (Lipinski definition) is 2. The van der Waals surface area contributed by atoms with Crippen LogP contribution >= 0.6 is 0 Å². The van der Waals surface area contributed by atoms with Crippen molar-refractivity contribution in [2.24, 2.45) is 5.92 Å². The van der Waals surface area contributed by atoms with Crippen molar-refractivity contribution < 1.29 is 14.3 Å². The molecular formula is C17H25FN2O2. The van der Waals surface area contributed by atoms with Gasteiger partial charge in [-0.3, -0.25) is 9.69 Å². The van der Waals surface area contributed by atoms with Gasteiger partial charge in [0.25, 0.3) is 0 Å². The first-order chi connectivity index (χ1) is 10.5. The lowest BCUT2D eigenvalue weighted by atomic mass is 9.97. The summed E-state index contributed by atoms with van der Waals surface area (Å²) < 4.78 is 12.9. The molecule has 1 saturated heterocycles. The second-order valence-corrected chi connectivity index (χ2v) is 6.14. The Morgan fingerprint density at radius 1 is 1.41 bits per heavy atom. The van der Waals surface area contributed by atoms with Gasteiger partial charge in [-0.2, -0.15) is 0 Å². The van der Waals surface area contributed by atoms with Gasteiger partial charge in [0.1, 0.15) is 5.82 Å². The topological polar surface area (TPSA) is 52.6 Å². The minimum atomic E-state index is -0.279. The van der Waals surface area contributed by atoms with Crippen molar-refractivity contribution in [3.05, 3.63) is 35.6 Å². The molecule has 3 unspecified atom stereocenters. The molecule has 5 heteroatoms. The molecule has 1 aromatic rings. The number of benzene rings is 1. The number of carbonyl (C=O) groups is 1. The third-order valence-electron chi connectivity index (χ3n) is 4.46.